The van der Waals surface area contributed by atoms with Crippen LogP contribution in [0.25, 0.3) is 5.69 Å². The van der Waals surface area contributed by atoms with Gasteiger partial charge in [0.15, 0.2) is 0 Å². The third-order valence-corrected chi connectivity index (χ3v) is 5.35. The predicted molar refractivity (Wildman–Crippen MR) is 122 cm³/mol. The van der Waals surface area contributed by atoms with Crippen LogP contribution in [0.15, 0.2) is 84.0 Å². The van der Waals surface area contributed by atoms with E-state index in [0.717, 1.165) is 33.9 Å². The van der Waals surface area contributed by atoms with Gasteiger partial charge in [0.2, 0.25) is 0 Å². The van der Waals surface area contributed by atoms with E-state index in [4.69, 9.17) is 21.4 Å². The van der Waals surface area contributed by atoms with Gasteiger partial charge in [-0.3, -0.25) is 4.57 Å². The summed E-state index contributed by atoms with van der Waals surface area (Å²) in [5, 5.41) is 16.1. The smallest absolute Gasteiger partial charge is 0.254 e. The molecule has 7 heteroatoms. The number of anilines is 1. The molecule has 0 bridgehead atoms. The number of para-hydroxylation sites is 1. The molecule has 31 heavy (non-hydrogen) atoms. The summed E-state index contributed by atoms with van der Waals surface area (Å²) in [4.78, 5) is 0. The van der Waals surface area contributed by atoms with Gasteiger partial charge < -0.3 is 4.74 Å². The van der Waals surface area contributed by atoms with Crippen LogP contribution in [-0.4, -0.2) is 27.2 Å². The van der Waals surface area contributed by atoms with E-state index in [9.17, 15) is 0 Å². The summed E-state index contributed by atoms with van der Waals surface area (Å²) in [6.07, 6.45) is 0. The van der Waals surface area contributed by atoms with E-state index < -0.39 is 0 Å². The van der Waals surface area contributed by atoms with E-state index in [1.165, 1.54) is 0 Å². The molecule has 0 saturated heterocycles. The van der Waals surface area contributed by atoms with Crippen molar-refractivity contribution < 1.29 is 4.74 Å². The molecular formula is C24H20ClN5O. The maximum absolute atomic E-state index is 6.12. The molecule has 3 aromatic carbocycles. The fourth-order valence-corrected chi connectivity index (χ4v) is 3.75. The first-order chi connectivity index (χ1) is 15.2. The summed E-state index contributed by atoms with van der Waals surface area (Å²) in [6, 6.07) is 25.9. The van der Waals surface area contributed by atoms with E-state index in [1.807, 2.05) is 78.2 Å². The molecular weight excluding hydrogens is 410 g/mol. The Labute approximate surface area is 185 Å². The van der Waals surface area contributed by atoms with Gasteiger partial charge in [0.05, 0.1) is 12.3 Å². The van der Waals surface area contributed by atoms with Gasteiger partial charge in [0.25, 0.3) is 5.95 Å². The van der Waals surface area contributed by atoms with Gasteiger partial charge >= 0.3 is 0 Å². The van der Waals surface area contributed by atoms with Crippen molar-refractivity contribution in [3.05, 3.63) is 106 Å². The molecule has 154 valence electrons. The highest BCUT2D eigenvalue weighted by Gasteiger charge is 2.26. The van der Waals surface area contributed by atoms with Gasteiger partial charge in [0, 0.05) is 16.1 Å². The fourth-order valence-electron chi connectivity index (χ4n) is 3.62. The first-order valence-electron chi connectivity index (χ1n) is 9.96. The minimum atomic E-state index is 0.234. The van der Waals surface area contributed by atoms with Crippen molar-refractivity contribution in [1.82, 2.24) is 14.8 Å². The van der Waals surface area contributed by atoms with Crippen molar-refractivity contribution in [2.75, 3.05) is 11.7 Å². The second-order valence-corrected chi connectivity index (χ2v) is 7.65. The molecule has 0 aliphatic carbocycles. The number of ether oxygens (including phenoxy) is 1. The topological polar surface area (TPSA) is 55.5 Å². The predicted octanol–water partition coefficient (Wildman–Crippen LogP) is 4.98. The number of aromatic nitrogens is 3. The Morgan fingerprint density at radius 2 is 1.61 bits per heavy atom. The normalized spacial score (nSPS) is 12.7. The molecule has 2 heterocycles. The van der Waals surface area contributed by atoms with E-state index in [1.54, 1.807) is 5.01 Å². The number of hydrazone groups is 1. The molecule has 5 rings (SSSR count). The van der Waals surface area contributed by atoms with Crippen LogP contribution in [0.3, 0.4) is 0 Å². The molecule has 0 spiro atoms. The van der Waals surface area contributed by atoms with Crippen LogP contribution >= 0.6 is 11.6 Å². The zero-order chi connectivity index (χ0) is 21.2. The SMILES string of the molecule is Cc1nnc2n1-c1ccccc1C(c1ccc(Cl)cc1)=NN2COCc1ccccc1. The van der Waals surface area contributed by atoms with Crippen LogP contribution in [0, 0.1) is 6.92 Å². The van der Waals surface area contributed by atoms with Gasteiger partial charge in [0.1, 0.15) is 18.3 Å². The van der Waals surface area contributed by atoms with E-state index >= 15 is 0 Å². The van der Waals surface area contributed by atoms with Crippen LogP contribution in [0.4, 0.5) is 5.95 Å². The Morgan fingerprint density at radius 1 is 0.871 bits per heavy atom. The summed E-state index contributed by atoms with van der Waals surface area (Å²) in [7, 11) is 0. The van der Waals surface area contributed by atoms with Crippen molar-refractivity contribution in [3.63, 3.8) is 0 Å². The standard InChI is InChI=1S/C24H20ClN5O/c1-17-26-27-24-29(16-31-15-18-7-3-2-4-8-18)28-23(19-11-13-20(25)14-12-19)21-9-5-6-10-22(21)30(17)24/h2-14H,15-16H2,1H3. The van der Waals surface area contributed by atoms with Gasteiger partial charge in [-0.1, -0.05) is 72.3 Å². The Hall–Kier alpha value is -3.48. The first kappa shape index (κ1) is 19.5. The summed E-state index contributed by atoms with van der Waals surface area (Å²) in [5.74, 6) is 1.39. The highest BCUT2D eigenvalue weighted by molar-refractivity contribution is 6.30. The average molecular weight is 430 g/mol. The Bertz CT molecular complexity index is 1230. The largest absolute Gasteiger partial charge is 0.354 e. The zero-order valence-corrected chi connectivity index (χ0v) is 17.7. The molecule has 1 aliphatic heterocycles. The number of hydrogen-bond donors (Lipinski definition) is 0. The van der Waals surface area contributed by atoms with E-state index in [-0.39, 0.29) is 6.73 Å². The minimum absolute atomic E-state index is 0.234. The van der Waals surface area contributed by atoms with E-state index in [2.05, 4.69) is 22.3 Å². The molecule has 0 amide bonds. The highest BCUT2D eigenvalue weighted by atomic mass is 35.5. The van der Waals surface area contributed by atoms with Gasteiger partial charge in [-0.15, -0.1) is 10.2 Å². The average Bonchev–Trinajstić information content (AvgIpc) is 3.12. The van der Waals surface area contributed by atoms with Gasteiger partial charge in [-0.05, 0) is 30.7 Å². The maximum Gasteiger partial charge on any atom is 0.254 e. The molecule has 0 fully saturated rings. The molecule has 0 radical (unpaired) electrons. The molecule has 0 atom stereocenters. The second-order valence-electron chi connectivity index (χ2n) is 7.22. The summed E-state index contributed by atoms with van der Waals surface area (Å²) < 4.78 is 8.01. The lowest BCUT2D eigenvalue weighted by Gasteiger charge is -2.17. The number of nitrogens with zero attached hydrogens (tertiary/aromatic N) is 5. The molecule has 1 aliphatic rings. The first-order valence-corrected chi connectivity index (χ1v) is 10.3. The number of aryl methyl sites for hydroxylation is 1. The molecule has 1 aromatic heterocycles. The lowest BCUT2D eigenvalue weighted by Crippen LogP contribution is -2.24. The lowest BCUT2D eigenvalue weighted by molar-refractivity contribution is 0.120. The molecule has 0 N–H and O–H groups in total. The van der Waals surface area contributed by atoms with Gasteiger partial charge in [-0.25, -0.2) is 5.01 Å². The molecule has 4 aromatic rings. The quantitative estimate of drug-likeness (QED) is 0.449. The number of rotatable bonds is 5. The monoisotopic (exact) mass is 429 g/mol. The molecule has 6 nitrogen and oxygen atoms in total. The minimum Gasteiger partial charge on any atom is -0.354 e. The zero-order valence-electron chi connectivity index (χ0n) is 16.9. The Balaban J connectivity index is 1.57. The molecule has 0 unspecified atom stereocenters. The van der Waals surface area contributed by atoms with E-state index in [0.29, 0.717) is 17.6 Å². The third kappa shape index (κ3) is 3.83. The lowest BCUT2D eigenvalue weighted by atomic mass is 10.0. The van der Waals surface area contributed by atoms with Crippen molar-refractivity contribution in [2.24, 2.45) is 5.10 Å². The molecule has 0 saturated carbocycles. The Morgan fingerprint density at radius 3 is 2.42 bits per heavy atom. The fraction of sp³-hybridized carbons (Fsp3) is 0.125. The summed E-state index contributed by atoms with van der Waals surface area (Å²) in [5.41, 5.74) is 4.83. The van der Waals surface area contributed by atoms with Gasteiger partial charge in [-0.2, -0.15) is 5.10 Å². The number of benzene rings is 3. The summed E-state index contributed by atoms with van der Waals surface area (Å²) >= 11 is 6.12. The van der Waals surface area contributed by atoms with Crippen LogP contribution < -0.4 is 5.01 Å². The number of halogens is 1. The number of fused-ring (bicyclic) bond motifs is 3. The number of hydrogen-bond acceptors (Lipinski definition) is 5. The summed E-state index contributed by atoms with van der Waals surface area (Å²) in [6.45, 7) is 2.64. The van der Waals surface area contributed by atoms with Crippen LogP contribution in [0.1, 0.15) is 22.5 Å². The highest BCUT2D eigenvalue weighted by Crippen LogP contribution is 2.29. The second kappa shape index (κ2) is 8.34. The third-order valence-electron chi connectivity index (χ3n) is 5.10. The maximum atomic E-state index is 6.12. The van der Waals surface area contributed by atoms with Crippen molar-refractivity contribution in [1.29, 1.82) is 0 Å². The van der Waals surface area contributed by atoms with Crippen LogP contribution in [0.5, 0.6) is 0 Å². The van der Waals surface area contributed by atoms with Crippen LogP contribution in [0.2, 0.25) is 5.02 Å². The Kier molecular flexibility index (Phi) is 5.24. The van der Waals surface area contributed by atoms with Crippen molar-refractivity contribution in [2.45, 2.75) is 13.5 Å². The van der Waals surface area contributed by atoms with Crippen LogP contribution in [-0.2, 0) is 11.3 Å². The van der Waals surface area contributed by atoms with Crippen molar-refractivity contribution in [3.8, 4) is 5.69 Å². The van der Waals surface area contributed by atoms with Crippen molar-refractivity contribution >= 4 is 23.3 Å².